The van der Waals surface area contributed by atoms with Crippen LogP contribution in [0.1, 0.15) is 102 Å². The fraction of sp³-hybridized carbons (Fsp3) is 0.684. The van der Waals surface area contributed by atoms with Crippen LogP contribution in [0, 0.1) is 29.6 Å². The van der Waals surface area contributed by atoms with Gasteiger partial charge in [-0.25, -0.2) is 9.59 Å². The van der Waals surface area contributed by atoms with E-state index in [1.165, 1.54) is 13.0 Å². The molecular formula is C38H52FNO9. The standard InChI is InChI=1S/C38H52FNO9/c1-22(2)46-38(44)48-24(4)47-37(43)34-20-29-18-25(6-15-33(29)49-34)19-32(41)35-31(27-11-13-30(45-5)14-12-27)16-17-40(35)36(42)28-9-7-26(8-10-28)23(3)21-39/h6,15,18,20,22-24,26-28,30-31,35H,7-14,16-17,19,21H2,1-5H3/t23-,24?,26?,27?,28?,30?,31+,35+/m1/s1. The minimum Gasteiger partial charge on any atom is -0.449 e. The van der Waals surface area contributed by atoms with E-state index in [2.05, 4.69) is 0 Å². The second-order valence-corrected chi connectivity index (χ2v) is 14.6. The maximum atomic E-state index is 14.3. The second kappa shape index (κ2) is 16.5. The van der Waals surface area contributed by atoms with Crippen LogP contribution in [0.3, 0.4) is 0 Å². The van der Waals surface area contributed by atoms with Gasteiger partial charge in [0.05, 0.1) is 24.9 Å². The lowest BCUT2D eigenvalue weighted by atomic mass is 9.74. The first-order chi connectivity index (χ1) is 23.5. The zero-order valence-electron chi connectivity index (χ0n) is 29.5. The predicted molar refractivity (Wildman–Crippen MR) is 179 cm³/mol. The largest absolute Gasteiger partial charge is 0.511 e. The van der Waals surface area contributed by atoms with Crippen LogP contribution in [0.5, 0.6) is 0 Å². The maximum absolute atomic E-state index is 14.3. The van der Waals surface area contributed by atoms with Crippen molar-refractivity contribution in [3.63, 3.8) is 0 Å². The molecule has 1 aliphatic heterocycles. The van der Waals surface area contributed by atoms with Crippen LogP contribution in [0.2, 0.25) is 0 Å². The predicted octanol–water partition coefficient (Wildman–Crippen LogP) is 7.44. The molecule has 0 spiro atoms. The van der Waals surface area contributed by atoms with Crippen molar-refractivity contribution in [3.05, 3.63) is 35.6 Å². The molecule has 1 aromatic heterocycles. The summed E-state index contributed by atoms with van der Waals surface area (Å²) < 4.78 is 39.7. The van der Waals surface area contributed by atoms with E-state index in [0.717, 1.165) is 63.4 Å². The number of ether oxygens (including phenoxy) is 4. The quantitative estimate of drug-likeness (QED) is 0.166. The van der Waals surface area contributed by atoms with Gasteiger partial charge in [0.1, 0.15) is 5.58 Å². The highest BCUT2D eigenvalue weighted by Gasteiger charge is 2.47. The Labute approximate surface area is 288 Å². The molecule has 270 valence electrons. The first-order valence-electron chi connectivity index (χ1n) is 18.0. The van der Waals surface area contributed by atoms with Gasteiger partial charge in [-0.15, -0.1) is 0 Å². The Kier molecular flexibility index (Phi) is 12.4. The molecule has 2 heterocycles. The number of rotatable bonds is 12. The molecule has 2 aromatic rings. The molecule has 0 bridgehead atoms. The number of fused-ring (bicyclic) bond motifs is 1. The first-order valence-corrected chi connectivity index (χ1v) is 18.0. The number of hydrogen-bond acceptors (Lipinski definition) is 9. The number of amides is 1. The van der Waals surface area contributed by atoms with E-state index in [0.29, 0.717) is 29.3 Å². The summed E-state index contributed by atoms with van der Waals surface area (Å²) >= 11 is 0. The highest BCUT2D eigenvalue weighted by molar-refractivity contribution is 5.95. The molecule has 2 aliphatic carbocycles. The number of ketones is 1. The van der Waals surface area contributed by atoms with E-state index in [1.807, 2.05) is 17.9 Å². The van der Waals surface area contributed by atoms with Gasteiger partial charge < -0.3 is 28.3 Å². The average molecular weight is 686 g/mol. The molecule has 5 rings (SSSR count). The summed E-state index contributed by atoms with van der Waals surface area (Å²) in [5.41, 5.74) is 1.20. The minimum absolute atomic E-state index is 0.0102. The van der Waals surface area contributed by atoms with E-state index >= 15 is 0 Å². The molecule has 49 heavy (non-hydrogen) atoms. The van der Waals surface area contributed by atoms with Gasteiger partial charge in [0.25, 0.3) is 0 Å². The lowest BCUT2D eigenvalue weighted by molar-refractivity contribution is -0.143. The Morgan fingerprint density at radius 2 is 1.61 bits per heavy atom. The van der Waals surface area contributed by atoms with Gasteiger partial charge >= 0.3 is 12.1 Å². The molecule has 3 aliphatic rings. The number of esters is 1. The molecule has 11 heteroatoms. The number of hydrogen-bond donors (Lipinski definition) is 0. The normalized spacial score (nSPS) is 27.1. The third-order valence-corrected chi connectivity index (χ3v) is 10.9. The number of Topliss-reactive ketones (excluding diaryl/α,β-unsaturated/α-hetero) is 1. The second-order valence-electron chi connectivity index (χ2n) is 14.6. The number of methoxy groups -OCH3 is 1. The number of furan rings is 1. The van der Waals surface area contributed by atoms with E-state index in [1.54, 1.807) is 33.1 Å². The van der Waals surface area contributed by atoms with Gasteiger partial charge in [-0.3, -0.25) is 14.0 Å². The molecular weight excluding hydrogens is 633 g/mol. The summed E-state index contributed by atoms with van der Waals surface area (Å²) in [5, 5.41) is 0.623. The highest BCUT2D eigenvalue weighted by Crippen LogP contribution is 2.42. The van der Waals surface area contributed by atoms with Crippen molar-refractivity contribution in [2.45, 2.75) is 116 Å². The molecule has 4 atom stereocenters. The van der Waals surface area contributed by atoms with E-state index < -0.39 is 24.5 Å². The van der Waals surface area contributed by atoms with Crippen LogP contribution in [-0.2, 0) is 35.0 Å². The first kappa shape index (κ1) is 36.8. The highest BCUT2D eigenvalue weighted by atomic mass is 19.1. The van der Waals surface area contributed by atoms with Crippen molar-refractivity contribution in [1.82, 2.24) is 4.90 Å². The third-order valence-electron chi connectivity index (χ3n) is 10.9. The Bertz CT molecular complexity index is 1460. The Morgan fingerprint density at radius 1 is 0.898 bits per heavy atom. The SMILES string of the molecule is COC1CCC([C@@H]2CCN(C(=O)C3CCC([C@H](C)CF)CC3)[C@@H]2C(=O)Cc2ccc3oc(C(=O)OC(C)OC(=O)OC(C)C)cc3c2)CC1. The van der Waals surface area contributed by atoms with Crippen LogP contribution < -0.4 is 0 Å². The number of alkyl halides is 1. The number of carbonyl (C=O) groups is 4. The minimum atomic E-state index is -1.19. The summed E-state index contributed by atoms with van der Waals surface area (Å²) in [6.07, 6.45) is 5.70. The fourth-order valence-corrected chi connectivity index (χ4v) is 8.22. The van der Waals surface area contributed by atoms with Crippen LogP contribution in [-0.4, -0.2) is 73.6 Å². The number of carbonyl (C=O) groups excluding carboxylic acids is 4. The van der Waals surface area contributed by atoms with E-state index in [4.69, 9.17) is 23.4 Å². The molecule has 1 saturated heterocycles. The van der Waals surface area contributed by atoms with Crippen molar-refractivity contribution >= 4 is 34.8 Å². The van der Waals surface area contributed by atoms with Crippen molar-refractivity contribution < 1.29 is 46.9 Å². The third kappa shape index (κ3) is 9.01. The smallest absolute Gasteiger partial charge is 0.449 e. The number of likely N-dealkylation sites (tertiary alicyclic amines) is 1. The zero-order chi connectivity index (χ0) is 35.2. The summed E-state index contributed by atoms with van der Waals surface area (Å²) in [6.45, 7) is 6.94. The fourth-order valence-electron chi connectivity index (χ4n) is 8.22. The van der Waals surface area contributed by atoms with Crippen LogP contribution in [0.25, 0.3) is 11.0 Å². The molecule has 0 N–H and O–H groups in total. The number of halogens is 1. The van der Waals surface area contributed by atoms with Gasteiger partial charge in [0.15, 0.2) is 5.78 Å². The van der Waals surface area contributed by atoms with E-state index in [-0.39, 0.29) is 60.5 Å². The maximum Gasteiger partial charge on any atom is 0.511 e. The van der Waals surface area contributed by atoms with Crippen LogP contribution in [0.15, 0.2) is 28.7 Å². The molecule has 1 aromatic carbocycles. The Morgan fingerprint density at radius 3 is 2.27 bits per heavy atom. The van der Waals surface area contributed by atoms with Gasteiger partial charge in [-0.2, -0.15) is 0 Å². The lowest BCUT2D eigenvalue weighted by Crippen LogP contribution is -2.48. The number of benzene rings is 1. The Hall–Kier alpha value is -3.47. The topological polar surface area (TPSA) is 122 Å². The molecule has 1 unspecified atom stereocenters. The van der Waals surface area contributed by atoms with Crippen LogP contribution >= 0.6 is 0 Å². The summed E-state index contributed by atoms with van der Waals surface area (Å²) in [4.78, 5) is 54.7. The van der Waals surface area contributed by atoms with Gasteiger partial charge in [0, 0.05) is 38.3 Å². The molecule has 10 nitrogen and oxygen atoms in total. The van der Waals surface area contributed by atoms with Gasteiger partial charge in [-0.05, 0) is 119 Å². The monoisotopic (exact) mass is 685 g/mol. The van der Waals surface area contributed by atoms with Crippen molar-refractivity contribution in [2.24, 2.45) is 29.6 Å². The number of nitrogens with zero attached hydrogens (tertiary/aromatic N) is 1. The average Bonchev–Trinajstić information content (AvgIpc) is 3.72. The Balaban J connectivity index is 1.28. The molecule has 0 radical (unpaired) electrons. The molecule has 3 fully saturated rings. The summed E-state index contributed by atoms with van der Waals surface area (Å²) in [7, 11) is 1.75. The lowest BCUT2D eigenvalue weighted by Gasteiger charge is -2.37. The molecule has 1 amide bonds. The van der Waals surface area contributed by atoms with Crippen molar-refractivity contribution in [2.75, 3.05) is 20.3 Å². The zero-order valence-corrected chi connectivity index (χ0v) is 29.5. The van der Waals surface area contributed by atoms with Gasteiger partial charge in [0.2, 0.25) is 18.0 Å². The van der Waals surface area contributed by atoms with Crippen molar-refractivity contribution in [3.8, 4) is 0 Å². The van der Waals surface area contributed by atoms with Gasteiger partial charge in [-0.1, -0.05) is 13.0 Å². The summed E-state index contributed by atoms with van der Waals surface area (Å²) in [5.74, 6) is -0.154. The van der Waals surface area contributed by atoms with E-state index in [9.17, 15) is 23.6 Å². The van der Waals surface area contributed by atoms with Crippen molar-refractivity contribution in [1.29, 1.82) is 0 Å². The van der Waals surface area contributed by atoms with Crippen LogP contribution in [0.4, 0.5) is 9.18 Å². The molecule has 2 saturated carbocycles. The summed E-state index contributed by atoms with van der Waals surface area (Å²) in [6, 6.07) is 6.38.